The van der Waals surface area contributed by atoms with Crippen LogP contribution in [0.5, 0.6) is 5.75 Å². The van der Waals surface area contributed by atoms with E-state index < -0.39 is 0 Å². The number of hydrogen-bond donors (Lipinski definition) is 1. The molecule has 0 saturated carbocycles. The van der Waals surface area contributed by atoms with E-state index in [1.165, 1.54) is 10.7 Å². The summed E-state index contributed by atoms with van der Waals surface area (Å²) < 4.78 is 11.6. The van der Waals surface area contributed by atoms with Crippen LogP contribution < -0.4 is 15.6 Å². The highest BCUT2D eigenvalue weighted by molar-refractivity contribution is 5.94. The van der Waals surface area contributed by atoms with E-state index in [9.17, 15) is 9.59 Å². The molecule has 3 aromatic rings. The minimum absolute atomic E-state index is 0.224. The number of nitrogens with zero attached hydrogens (tertiary/aromatic N) is 2. The van der Waals surface area contributed by atoms with E-state index in [0.717, 1.165) is 0 Å². The third-order valence-corrected chi connectivity index (χ3v) is 3.60. The fraction of sp³-hybridized carbons (Fsp3) is 0.167. The quantitative estimate of drug-likeness (QED) is 0.742. The zero-order chi connectivity index (χ0) is 17.6. The topological polar surface area (TPSA) is 86.4 Å². The van der Waals surface area contributed by atoms with Gasteiger partial charge in [-0.25, -0.2) is 4.68 Å². The second-order valence-corrected chi connectivity index (χ2v) is 5.24. The van der Waals surface area contributed by atoms with Crippen molar-refractivity contribution in [2.24, 2.45) is 0 Å². The highest BCUT2D eigenvalue weighted by Crippen LogP contribution is 2.15. The number of aromatic nitrogens is 2. The zero-order valence-corrected chi connectivity index (χ0v) is 13.6. The predicted molar refractivity (Wildman–Crippen MR) is 91.5 cm³/mol. The van der Waals surface area contributed by atoms with Crippen molar-refractivity contribution >= 4 is 5.91 Å². The normalized spacial score (nSPS) is 10.4. The fourth-order valence-corrected chi connectivity index (χ4v) is 2.28. The van der Waals surface area contributed by atoms with Gasteiger partial charge in [-0.1, -0.05) is 0 Å². The summed E-state index contributed by atoms with van der Waals surface area (Å²) in [4.78, 5) is 24.0. The summed E-state index contributed by atoms with van der Waals surface area (Å²) in [6, 6.07) is 13.3. The number of ether oxygens (including phenoxy) is 1. The largest absolute Gasteiger partial charge is 0.497 e. The van der Waals surface area contributed by atoms with Crippen LogP contribution in [0.2, 0.25) is 0 Å². The van der Waals surface area contributed by atoms with Crippen LogP contribution in [0.25, 0.3) is 11.5 Å². The average Bonchev–Trinajstić information content (AvgIpc) is 3.18. The summed E-state index contributed by atoms with van der Waals surface area (Å²) in [6.07, 6.45) is 1.54. The number of methoxy groups -OCH3 is 1. The van der Waals surface area contributed by atoms with Crippen LogP contribution in [-0.4, -0.2) is 29.3 Å². The molecule has 7 nitrogen and oxygen atoms in total. The molecule has 0 bridgehead atoms. The molecule has 0 fully saturated rings. The molecule has 0 aliphatic carbocycles. The summed E-state index contributed by atoms with van der Waals surface area (Å²) in [5.74, 6) is 1.04. The molecule has 0 radical (unpaired) electrons. The van der Waals surface area contributed by atoms with Gasteiger partial charge in [0.2, 0.25) is 0 Å². The summed E-state index contributed by atoms with van der Waals surface area (Å²) in [5, 5.41) is 7.01. The highest BCUT2D eigenvalue weighted by atomic mass is 16.5. The molecule has 1 N–H and O–H groups in total. The van der Waals surface area contributed by atoms with Gasteiger partial charge in [0.25, 0.3) is 11.5 Å². The van der Waals surface area contributed by atoms with Crippen molar-refractivity contribution in [3.63, 3.8) is 0 Å². The van der Waals surface area contributed by atoms with Gasteiger partial charge in [-0.15, -0.1) is 0 Å². The number of benzene rings is 1. The molecule has 0 atom stereocenters. The molecule has 0 aliphatic heterocycles. The number of carbonyl (C=O) groups excluding carboxylic acids is 1. The molecule has 0 spiro atoms. The van der Waals surface area contributed by atoms with Crippen molar-refractivity contribution in [2.45, 2.75) is 6.54 Å². The maximum atomic E-state index is 12.1. The van der Waals surface area contributed by atoms with Crippen LogP contribution in [0.4, 0.5) is 0 Å². The fourth-order valence-electron chi connectivity index (χ4n) is 2.28. The SMILES string of the molecule is COc1ccc(C(=O)NCCn2nc(-c3ccco3)ccc2=O)cc1. The van der Waals surface area contributed by atoms with E-state index in [1.807, 2.05) is 0 Å². The Morgan fingerprint density at radius 2 is 2.00 bits per heavy atom. The van der Waals surface area contributed by atoms with Crippen LogP contribution in [0.1, 0.15) is 10.4 Å². The summed E-state index contributed by atoms with van der Waals surface area (Å²) in [6.45, 7) is 0.536. The lowest BCUT2D eigenvalue weighted by atomic mass is 10.2. The van der Waals surface area contributed by atoms with E-state index in [0.29, 0.717) is 22.8 Å². The smallest absolute Gasteiger partial charge is 0.266 e. The molecule has 0 saturated heterocycles. The third-order valence-electron chi connectivity index (χ3n) is 3.60. The Morgan fingerprint density at radius 3 is 2.68 bits per heavy atom. The lowest BCUT2D eigenvalue weighted by Gasteiger charge is -2.08. The van der Waals surface area contributed by atoms with Gasteiger partial charge in [-0.3, -0.25) is 9.59 Å². The minimum atomic E-state index is -0.242. The molecule has 25 heavy (non-hydrogen) atoms. The first-order valence-corrected chi connectivity index (χ1v) is 7.71. The maximum Gasteiger partial charge on any atom is 0.266 e. The minimum Gasteiger partial charge on any atom is -0.497 e. The Bertz CT molecular complexity index is 899. The first-order chi connectivity index (χ1) is 12.2. The van der Waals surface area contributed by atoms with Crippen LogP contribution in [0, 0.1) is 0 Å². The second kappa shape index (κ2) is 7.48. The van der Waals surface area contributed by atoms with Crippen molar-refractivity contribution < 1.29 is 13.9 Å². The van der Waals surface area contributed by atoms with Crippen molar-refractivity contribution in [1.82, 2.24) is 15.1 Å². The van der Waals surface area contributed by atoms with Gasteiger partial charge in [-0.2, -0.15) is 5.10 Å². The number of nitrogens with one attached hydrogen (secondary N) is 1. The lowest BCUT2D eigenvalue weighted by Crippen LogP contribution is -2.31. The molecule has 2 heterocycles. The average molecular weight is 339 g/mol. The van der Waals surface area contributed by atoms with E-state index >= 15 is 0 Å². The highest BCUT2D eigenvalue weighted by Gasteiger charge is 2.08. The van der Waals surface area contributed by atoms with Gasteiger partial charge in [0.05, 0.1) is 19.9 Å². The zero-order valence-electron chi connectivity index (χ0n) is 13.6. The molecule has 3 rings (SSSR count). The van der Waals surface area contributed by atoms with Crippen LogP contribution in [0.3, 0.4) is 0 Å². The van der Waals surface area contributed by atoms with Gasteiger partial charge in [-0.05, 0) is 42.5 Å². The van der Waals surface area contributed by atoms with E-state index in [1.54, 1.807) is 55.8 Å². The molecular weight excluding hydrogens is 322 g/mol. The van der Waals surface area contributed by atoms with E-state index in [-0.39, 0.29) is 24.6 Å². The Balaban J connectivity index is 1.62. The van der Waals surface area contributed by atoms with Gasteiger partial charge in [0, 0.05) is 18.2 Å². The number of carbonyl (C=O) groups is 1. The molecule has 0 aliphatic rings. The summed E-state index contributed by atoms with van der Waals surface area (Å²) in [5.41, 5.74) is 0.838. The predicted octanol–water partition coefficient (Wildman–Crippen LogP) is 1.94. The van der Waals surface area contributed by atoms with Gasteiger partial charge in [0.15, 0.2) is 5.76 Å². The molecule has 2 aromatic heterocycles. The van der Waals surface area contributed by atoms with Crippen LogP contribution >= 0.6 is 0 Å². The molecule has 128 valence electrons. The van der Waals surface area contributed by atoms with Crippen molar-refractivity contribution in [3.05, 3.63) is 70.7 Å². The Kier molecular flexibility index (Phi) is 4.94. The standard InChI is InChI=1S/C18H17N3O4/c1-24-14-6-4-13(5-7-14)18(23)19-10-11-21-17(22)9-8-15(20-21)16-3-2-12-25-16/h2-9,12H,10-11H2,1H3,(H,19,23). The summed E-state index contributed by atoms with van der Waals surface area (Å²) >= 11 is 0. The molecular formula is C18H17N3O4. The number of rotatable bonds is 6. The van der Waals surface area contributed by atoms with Crippen LogP contribution in [-0.2, 0) is 6.54 Å². The van der Waals surface area contributed by atoms with Crippen molar-refractivity contribution in [3.8, 4) is 17.2 Å². The van der Waals surface area contributed by atoms with Gasteiger partial charge < -0.3 is 14.5 Å². The molecule has 7 heteroatoms. The van der Waals surface area contributed by atoms with Gasteiger partial charge >= 0.3 is 0 Å². The Labute approximate surface area is 143 Å². The Hall–Kier alpha value is -3.35. The lowest BCUT2D eigenvalue weighted by molar-refractivity contribution is 0.0951. The number of hydrogen-bond acceptors (Lipinski definition) is 5. The summed E-state index contributed by atoms with van der Waals surface area (Å²) in [7, 11) is 1.57. The molecule has 0 unspecified atom stereocenters. The van der Waals surface area contributed by atoms with Crippen molar-refractivity contribution in [2.75, 3.05) is 13.7 Å². The van der Waals surface area contributed by atoms with E-state index in [2.05, 4.69) is 10.4 Å². The number of amides is 1. The molecule has 1 aromatic carbocycles. The number of furan rings is 1. The molecule has 1 amide bonds. The Morgan fingerprint density at radius 1 is 1.20 bits per heavy atom. The van der Waals surface area contributed by atoms with Crippen molar-refractivity contribution in [1.29, 1.82) is 0 Å². The maximum absolute atomic E-state index is 12.1. The van der Waals surface area contributed by atoms with E-state index in [4.69, 9.17) is 9.15 Å². The first kappa shape index (κ1) is 16.5. The second-order valence-electron chi connectivity index (χ2n) is 5.24. The third kappa shape index (κ3) is 3.95. The first-order valence-electron chi connectivity index (χ1n) is 7.71. The monoisotopic (exact) mass is 339 g/mol. The van der Waals surface area contributed by atoms with Gasteiger partial charge in [0.1, 0.15) is 11.4 Å². The van der Waals surface area contributed by atoms with Crippen LogP contribution in [0.15, 0.2) is 64.0 Å².